The van der Waals surface area contributed by atoms with Crippen LogP contribution >= 0.6 is 11.5 Å². The third-order valence-corrected chi connectivity index (χ3v) is 2.88. The molecule has 2 rings (SSSR count). The third-order valence-electron chi connectivity index (χ3n) is 2.08. The fraction of sp³-hybridized carbons (Fsp3) is 0.0909. The first-order chi connectivity index (χ1) is 7.68. The summed E-state index contributed by atoms with van der Waals surface area (Å²) in [7, 11) is 0. The molecule has 0 amide bonds. The van der Waals surface area contributed by atoms with E-state index < -0.39 is 5.97 Å². The fourth-order valence-corrected chi connectivity index (χ4v) is 1.77. The average Bonchev–Trinajstić information content (AvgIpc) is 2.68. The van der Waals surface area contributed by atoms with Crippen molar-refractivity contribution >= 4 is 23.2 Å². The number of carbonyl (C=O) groups excluding carboxylic acids is 1. The Morgan fingerprint density at radius 3 is 2.81 bits per heavy atom. The molecule has 0 saturated heterocycles. The van der Waals surface area contributed by atoms with Crippen molar-refractivity contribution in [1.29, 1.82) is 0 Å². The van der Waals surface area contributed by atoms with Crippen LogP contribution in [0.25, 0.3) is 0 Å². The number of ether oxygens (including phenoxy) is 1. The lowest BCUT2D eigenvalue weighted by molar-refractivity contribution is 0.0739. The lowest BCUT2D eigenvalue weighted by Crippen LogP contribution is -2.09. The molecule has 0 aliphatic heterocycles. The summed E-state index contributed by atoms with van der Waals surface area (Å²) in [6, 6.07) is 7.31. The first-order valence-electron chi connectivity index (χ1n) is 4.66. The standard InChI is InChI=1S/C11H10N2O2S/c1-7-4-2-3-5-9(7)15-11(14)10-8(12)6-13-16-10/h2-6H,12H2,1H3. The summed E-state index contributed by atoms with van der Waals surface area (Å²) in [6.07, 6.45) is 1.44. The molecule has 0 unspecified atom stereocenters. The molecule has 4 nitrogen and oxygen atoms in total. The Morgan fingerprint density at radius 2 is 2.19 bits per heavy atom. The smallest absolute Gasteiger partial charge is 0.357 e. The highest BCUT2D eigenvalue weighted by Crippen LogP contribution is 2.21. The van der Waals surface area contributed by atoms with E-state index in [0.717, 1.165) is 17.1 Å². The number of esters is 1. The number of aryl methyl sites for hydroxylation is 1. The van der Waals surface area contributed by atoms with E-state index in [-0.39, 0.29) is 0 Å². The second-order valence-corrected chi connectivity index (χ2v) is 4.07. The summed E-state index contributed by atoms with van der Waals surface area (Å²) in [5.74, 6) is 0.0783. The Morgan fingerprint density at radius 1 is 1.44 bits per heavy atom. The highest BCUT2D eigenvalue weighted by molar-refractivity contribution is 7.08. The predicted molar refractivity (Wildman–Crippen MR) is 62.7 cm³/mol. The molecule has 82 valence electrons. The number of carbonyl (C=O) groups is 1. The number of benzene rings is 1. The molecule has 1 heterocycles. The van der Waals surface area contributed by atoms with Gasteiger partial charge < -0.3 is 10.5 Å². The molecule has 2 aromatic rings. The van der Waals surface area contributed by atoms with E-state index in [9.17, 15) is 4.79 Å². The summed E-state index contributed by atoms with van der Waals surface area (Å²) in [6.45, 7) is 1.87. The molecule has 2 N–H and O–H groups in total. The quantitative estimate of drug-likeness (QED) is 0.639. The van der Waals surface area contributed by atoms with Gasteiger partial charge in [-0.25, -0.2) is 4.79 Å². The van der Waals surface area contributed by atoms with Crippen molar-refractivity contribution in [3.05, 3.63) is 40.9 Å². The first-order valence-corrected chi connectivity index (χ1v) is 5.44. The van der Waals surface area contributed by atoms with E-state index in [1.54, 1.807) is 6.07 Å². The highest BCUT2D eigenvalue weighted by Gasteiger charge is 2.15. The van der Waals surface area contributed by atoms with E-state index in [2.05, 4.69) is 4.37 Å². The summed E-state index contributed by atoms with van der Waals surface area (Å²) in [5.41, 5.74) is 6.83. The van der Waals surface area contributed by atoms with Crippen molar-refractivity contribution < 1.29 is 9.53 Å². The second kappa shape index (κ2) is 4.32. The van der Waals surface area contributed by atoms with Gasteiger partial charge in [0.2, 0.25) is 0 Å². The zero-order valence-corrected chi connectivity index (χ0v) is 9.45. The van der Waals surface area contributed by atoms with Crippen LogP contribution in [0.3, 0.4) is 0 Å². The van der Waals surface area contributed by atoms with Gasteiger partial charge in [0.05, 0.1) is 11.9 Å². The average molecular weight is 234 g/mol. The number of anilines is 1. The van der Waals surface area contributed by atoms with Gasteiger partial charge in [-0.3, -0.25) is 0 Å². The molecule has 0 atom stereocenters. The number of hydrogen-bond acceptors (Lipinski definition) is 5. The van der Waals surface area contributed by atoms with E-state index >= 15 is 0 Å². The minimum Gasteiger partial charge on any atom is -0.422 e. The lowest BCUT2D eigenvalue weighted by Gasteiger charge is -2.05. The monoisotopic (exact) mass is 234 g/mol. The zero-order valence-electron chi connectivity index (χ0n) is 8.64. The van der Waals surface area contributed by atoms with Crippen LogP contribution < -0.4 is 10.5 Å². The fourth-order valence-electron chi connectivity index (χ4n) is 1.22. The molecular formula is C11H10N2O2S. The zero-order chi connectivity index (χ0) is 11.5. The molecule has 0 aliphatic rings. The van der Waals surface area contributed by atoms with E-state index in [1.165, 1.54) is 6.20 Å². The van der Waals surface area contributed by atoms with Gasteiger partial charge in [-0.1, -0.05) is 18.2 Å². The van der Waals surface area contributed by atoms with E-state index in [0.29, 0.717) is 16.3 Å². The van der Waals surface area contributed by atoms with Crippen LogP contribution in [0.1, 0.15) is 15.2 Å². The van der Waals surface area contributed by atoms with Gasteiger partial charge in [0, 0.05) is 0 Å². The van der Waals surface area contributed by atoms with E-state index in [4.69, 9.17) is 10.5 Å². The van der Waals surface area contributed by atoms with Crippen LogP contribution in [0.15, 0.2) is 30.5 Å². The summed E-state index contributed by atoms with van der Waals surface area (Å²) < 4.78 is 9.04. The SMILES string of the molecule is Cc1ccccc1OC(=O)c1sncc1N. The molecule has 16 heavy (non-hydrogen) atoms. The van der Waals surface area contributed by atoms with Gasteiger partial charge in [0.25, 0.3) is 0 Å². The number of nitrogens with zero attached hydrogens (tertiary/aromatic N) is 1. The summed E-state index contributed by atoms with van der Waals surface area (Å²) in [5, 5.41) is 0. The molecule has 0 aliphatic carbocycles. The number of para-hydroxylation sites is 1. The van der Waals surface area contributed by atoms with Gasteiger partial charge in [-0.15, -0.1) is 0 Å². The van der Waals surface area contributed by atoms with Gasteiger partial charge >= 0.3 is 5.97 Å². The summed E-state index contributed by atoms with van der Waals surface area (Å²) >= 11 is 1.03. The van der Waals surface area contributed by atoms with Gasteiger partial charge in [0.1, 0.15) is 5.75 Å². The number of aromatic nitrogens is 1. The van der Waals surface area contributed by atoms with Crippen LogP contribution in [0.4, 0.5) is 5.69 Å². The lowest BCUT2D eigenvalue weighted by atomic mass is 10.2. The molecule has 0 saturated carbocycles. The van der Waals surface area contributed by atoms with Crippen LogP contribution in [-0.2, 0) is 0 Å². The van der Waals surface area contributed by atoms with Gasteiger partial charge in [-0.2, -0.15) is 4.37 Å². The normalized spacial score (nSPS) is 10.1. The predicted octanol–water partition coefficient (Wildman–Crippen LogP) is 2.25. The third kappa shape index (κ3) is 2.04. The van der Waals surface area contributed by atoms with Crippen molar-refractivity contribution in [3.63, 3.8) is 0 Å². The van der Waals surface area contributed by atoms with Gasteiger partial charge in [0.15, 0.2) is 4.88 Å². The molecule has 0 bridgehead atoms. The molecular weight excluding hydrogens is 224 g/mol. The maximum absolute atomic E-state index is 11.7. The molecule has 5 heteroatoms. The molecule has 1 aromatic carbocycles. The molecule has 0 radical (unpaired) electrons. The largest absolute Gasteiger partial charge is 0.422 e. The first kappa shape index (κ1) is 10.6. The van der Waals surface area contributed by atoms with Crippen molar-refractivity contribution in [2.45, 2.75) is 6.92 Å². The summed E-state index contributed by atoms with van der Waals surface area (Å²) in [4.78, 5) is 12.1. The minimum absolute atomic E-state index is 0.336. The second-order valence-electron chi connectivity index (χ2n) is 3.27. The van der Waals surface area contributed by atoms with Gasteiger partial charge in [-0.05, 0) is 30.1 Å². The minimum atomic E-state index is -0.464. The molecule has 0 fully saturated rings. The highest BCUT2D eigenvalue weighted by atomic mass is 32.1. The van der Waals surface area contributed by atoms with Crippen molar-refractivity contribution in [2.75, 3.05) is 5.73 Å². The molecule has 0 spiro atoms. The van der Waals surface area contributed by atoms with Crippen molar-refractivity contribution in [3.8, 4) is 5.75 Å². The van der Waals surface area contributed by atoms with Crippen molar-refractivity contribution in [1.82, 2.24) is 4.37 Å². The van der Waals surface area contributed by atoms with Crippen LogP contribution in [0.2, 0.25) is 0 Å². The Hall–Kier alpha value is -1.88. The maximum atomic E-state index is 11.7. The number of nitrogen functional groups attached to an aromatic ring is 1. The molecule has 1 aromatic heterocycles. The van der Waals surface area contributed by atoms with Crippen molar-refractivity contribution in [2.24, 2.45) is 0 Å². The Balaban J connectivity index is 2.21. The Kier molecular flexibility index (Phi) is 2.87. The van der Waals surface area contributed by atoms with Crippen LogP contribution in [0.5, 0.6) is 5.75 Å². The van der Waals surface area contributed by atoms with Crippen LogP contribution in [-0.4, -0.2) is 10.3 Å². The Bertz CT molecular complexity index is 522. The maximum Gasteiger partial charge on any atom is 0.357 e. The Labute approximate surface area is 96.8 Å². The van der Waals surface area contributed by atoms with E-state index in [1.807, 2.05) is 25.1 Å². The topological polar surface area (TPSA) is 65.2 Å². The number of rotatable bonds is 2. The van der Waals surface area contributed by atoms with Crippen LogP contribution in [0, 0.1) is 6.92 Å². The number of hydrogen-bond donors (Lipinski definition) is 1. The number of nitrogens with two attached hydrogens (primary N) is 1.